The lowest BCUT2D eigenvalue weighted by molar-refractivity contribution is -0.349. The Morgan fingerprint density at radius 2 is 1.33 bits per heavy atom. The second-order valence-electron chi connectivity index (χ2n) is 3.28. The molecular weight excluding hydrogens is 403 g/mol. The van der Waals surface area contributed by atoms with Crippen molar-refractivity contribution in [2.75, 3.05) is 0 Å². The molecule has 1 aromatic rings. The van der Waals surface area contributed by atoms with E-state index < -0.39 is 27.2 Å². The predicted octanol–water partition coefficient (Wildman–Crippen LogP) is 5.23. The maximum absolute atomic E-state index is 13.6. The minimum absolute atomic E-state index is 0.0881. The molecule has 18 heavy (non-hydrogen) atoms. The molecule has 0 aliphatic carbocycles. The summed E-state index contributed by atoms with van der Waals surface area (Å²) < 4.78 is 87.7. The fourth-order valence-electron chi connectivity index (χ4n) is 1.23. The van der Waals surface area contributed by atoms with Gasteiger partial charge >= 0.3 is 18.0 Å². The van der Waals surface area contributed by atoms with Crippen LogP contribution in [0.1, 0.15) is 5.56 Å². The van der Waals surface area contributed by atoms with Crippen LogP contribution >= 0.6 is 34.2 Å². The summed E-state index contributed by atoms with van der Waals surface area (Å²) in [6.45, 7) is 0. The van der Waals surface area contributed by atoms with Crippen molar-refractivity contribution in [2.45, 2.75) is 18.0 Å². The molecule has 0 atom stereocenters. The van der Waals surface area contributed by atoms with Crippen molar-refractivity contribution in [3.8, 4) is 0 Å². The largest absolute Gasteiger partial charge is 0.435 e. The third kappa shape index (κ3) is 2.54. The summed E-state index contributed by atoms with van der Waals surface area (Å²) >= 11 is 6.57. The predicted molar refractivity (Wildman–Crippen MR) is 59.1 cm³/mol. The Bertz CT molecular complexity index is 437. The van der Waals surface area contributed by atoms with Crippen molar-refractivity contribution >= 4 is 34.2 Å². The first-order valence-corrected chi connectivity index (χ1v) is 5.65. The topological polar surface area (TPSA) is 0 Å². The second kappa shape index (κ2) is 4.69. The highest BCUT2D eigenvalue weighted by Crippen LogP contribution is 2.54. The Balaban J connectivity index is 3.56. The fraction of sp³-hybridized carbons (Fsp3) is 0.333. The van der Waals surface area contributed by atoms with Crippen LogP contribution in [0.3, 0.4) is 0 Å². The molecule has 0 saturated heterocycles. The summed E-state index contributed by atoms with van der Waals surface area (Å²) in [5.74, 6) is 0. The van der Waals surface area contributed by atoms with Gasteiger partial charge in [0.15, 0.2) is 0 Å². The summed E-state index contributed by atoms with van der Waals surface area (Å²) in [6.07, 6.45) is -12.2. The van der Waals surface area contributed by atoms with Crippen LogP contribution in [-0.2, 0) is 5.67 Å². The molecule has 0 N–H and O–H groups in total. The first-order valence-electron chi connectivity index (χ1n) is 4.19. The first-order chi connectivity index (χ1) is 7.91. The highest BCUT2D eigenvalue weighted by molar-refractivity contribution is 14.1. The smallest absolute Gasteiger partial charge is 0.218 e. The molecular formula is C9H3ClF7I. The molecule has 102 valence electrons. The van der Waals surface area contributed by atoms with Crippen molar-refractivity contribution in [1.82, 2.24) is 0 Å². The minimum atomic E-state index is -6.11. The zero-order valence-corrected chi connectivity index (χ0v) is 11.0. The summed E-state index contributed by atoms with van der Waals surface area (Å²) in [7, 11) is 0. The Kier molecular flexibility index (Phi) is 4.12. The molecule has 0 fully saturated rings. The third-order valence-electron chi connectivity index (χ3n) is 2.08. The van der Waals surface area contributed by atoms with Crippen molar-refractivity contribution in [2.24, 2.45) is 0 Å². The van der Waals surface area contributed by atoms with Crippen LogP contribution in [0.25, 0.3) is 0 Å². The molecule has 0 spiro atoms. The van der Waals surface area contributed by atoms with Crippen molar-refractivity contribution in [3.05, 3.63) is 32.4 Å². The van der Waals surface area contributed by atoms with Gasteiger partial charge in [-0.1, -0.05) is 17.7 Å². The molecule has 0 amide bonds. The zero-order chi connectivity index (χ0) is 14.4. The van der Waals surface area contributed by atoms with E-state index in [2.05, 4.69) is 0 Å². The molecule has 0 saturated carbocycles. The SMILES string of the molecule is FC(F)(F)C(F)(c1ccc(Cl)cc1I)C(F)(F)F. The Morgan fingerprint density at radius 1 is 0.889 bits per heavy atom. The number of hydrogen-bond donors (Lipinski definition) is 0. The summed E-state index contributed by atoms with van der Waals surface area (Å²) in [5, 5.41) is -0.0881. The molecule has 0 nitrogen and oxygen atoms in total. The average Bonchev–Trinajstić information content (AvgIpc) is 2.12. The molecule has 0 radical (unpaired) electrons. The highest BCUT2D eigenvalue weighted by Gasteiger charge is 2.74. The lowest BCUT2D eigenvalue weighted by Gasteiger charge is -2.31. The van der Waals surface area contributed by atoms with Crippen LogP contribution in [0.15, 0.2) is 18.2 Å². The van der Waals surface area contributed by atoms with E-state index in [4.69, 9.17) is 11.6 Å². The lowest BCUT2D eigenvalue weighted by Crippen LogP contribution is -2.50. The fourth-order valence-corrected chi connectivity index (χ4v) is 2.48. The van der Waals surface area contributed by atoms with Gasteiger partial charge in [-0.2, -0.15) is 26.3 Å². The normalized spacial score (nSPS) is 13.8. The molecule has 1 rings (SSSR count). The molecule has 0 aliphatic rings. The van der Waals surface area contributed by atoms with Gasteiger partial charge in [-0.15, -0.1) is 0 Å². The van der Waals surface area contributed by atoms with Crippen molar-refractivity contribution in [1.29, 1.82) is 0 Å². The van der Waals surface area contributed by atoms with E-state index in [1.54, 1.807) is 0 Å². The van der Waals surface area contributed by atoms with Gasteiger partial charge in [0.2, 0.25) is 0 Å². The van der Waals surface area contributed by atoms with Crippen molar-refractivity contribution < 1.29 is 30.7 Å². The average molecular weight is 406 g/mol. The maximum atomic E-state index is 13.6. The second-order valence-corrected chi connectivity index (χ2v) is 4.88. The van der Waals surface area contributed by atoms with Gasteiger partial charge in [-0.05, 0) is 34.7 Å². The third-order valence-corrected chi connectivity index (χ3v) is 3.21. The Labute approximate surface area is 115 Å². The quantitative estimate of drug-likeness (QED) is 0.442. The van der Waals surface area contributed by atoms with E-state index in [0.717, 1.165) is 12.1 Å². The summed E-state index contributed by atoms with van der Waals surface area (Å²) in [5.41, 5.74) is -6.94. The Hall–Kier alpha value is -0.250. The van der Waals surface area contributed by atoms with Gasteiger partial charge < -0.3 is 0 Å². The molecule has 0 aliphatic heterocycles. The summed E-state index contributed by atoms with van der Waals surface area (Å²) in [4.78, 5) is 0. The molecule has 0 aromatic heterocycles. The minimum Gasteiger partial charge on any atom is -0.218 e. The number of halogens is 9. The van der Waals surface area contributed by atoms with E-state index >= 15 is 0 Å². The number of alkyl halides is 7. The number of rotatable bonds is 1. The molecule has 0 bridgehead atoms. The van der Waals surface area contributed by atoms with Crippen molar-refractivity contribution in [3.63, 3.8) is 0 Å². The molecule has 1 aromatic carbocycles. The van der Waals surface area contributed by atoms with E-state index in [9.17, 15) is 30.7 Å². The zero-order valence-electron chi connectivity index (χ0n) is 8.13. The molecule has 0 heterocycles. The Morgan fingerprint density at radius 3 is 1.67 bits per heavy atom. The number of hydrogen-bond acceptors (Lipinski definition) is 0. The summed E-state index contributed by atoms with van der Waals surface area (Å²) in [6, 6.07) is 1.97. The lowest BCUT2D eigenvalue weighted by atomic mass is 9.94. The standard InChI is InChI=1S/C9H3ClF7I/c10-4-1-2-5(6(18)3-4)7(11,8(12,13)14)9(15,16)17/h1-3H. The van der Waals surface area contributed by atoms with E-state index in [-0.39, 0.29) is 5.02 Å². The van der Waals surface area contributed by atoms with Crippen LogP contribution < -0.4 is 0 Å². The highest BCUT2D eigenvalue weighted by atomic mass is 127. The monoisotopic (exact) mass is 406 g/mol. The van der Waals surface area contributed by atoms with E-state index in [1.807, 2.05) is 0 Å². The van der Waals surface area contributed by atoms with E-state index in [0.29, 0.717) is 6.07 Å². The van der Waals surface area contributed by atoms with Gasteiger partial charge in [0.1, 0.15) is 0 Å². The number of benzene rings is 1. The van der Waals surface area contributed by atoms with Crippen LogP contribution in [0.4, 0.5) is 30.7 Å². The maximum Gasteiger partial charge on any atom is 0.435 e. The first kappa shape index (κ1) is 15.8. The van der Waals surface area contributed by atoms with Gasteiger partial charge in [0.25, 0.3) is 0 Å². The van der Waals surface area contributed by atoms with Crippen LogP contribution in [0.5, 0.6) is 0 Å². The molecule has 9 heteroatoms. The van der Waals surface area contributed by atoms with Crippen LogP contribution in [-0.4, -0.2) is 12.4 Å². The van der Waals surface area contributed by atoms with Crippen LogP contribution in [0, 0.1) is 3.57 Å². The van der Waals surface area contributed by atoms with Gasteiger partial charge in [0, 0.05) is 14.2 Å². The van der Waals surface area contributed by atoms with Gasteiger partial charge in [-0.25, -0.2) is 4.39 Å². The van der Waals surface area contributed by atoms with Gasteiger partial charge in [-0.3, -0.25) is 0 Å². The van der Waals surface area contributed by atoms with Crippen LogP contribution in [0.2, 0.25) is 5.02 Å². The molecule has 0 unspecified atom stereocenters. The van der Waals surface area contributed by atoms with Gasteiger partial charge in [0.05, 0.1) is 0 Å². The van der Waals surface area contributed by atoms with E-state index in [1.165, 1.54) is 22.6 Å².